The van der Waals surface area contributed by atoms with Gasteiger partial charge in [-0.25, -0.2) is 15.0 Å². The van der Waals surface area contributed by atoms with Crippen LogP contribution >= 0.6 is 7.60 Å². The van der Waals surface area contributed by atoms with E-state index in [0.29, 0.717) is 30.9 Å². The number of carbonyl (C=O) groups is 1. The molecule has 0 radical (unpaired) electrons. The maximum atomic E-state index is 12.2. The lowest BCUT2D eigenvalue weighted by Gasteiger charge is -2.14. The minimum Gasteiger partial charge on any atom is -0.446 e. The van der Waals surface area contributed by atoms with E-state index in [1.165, 1.54) is 22.9 Å². The molecule has 0 aliphatic heterocycles. The van der Waals surface area contributed by atoms with Crippen LogP contribution < -0.4 is 4.90 Å². The Kier molecular flexibility index (Phi) is 20.7. The molecule has 3 aromatic heterocycles. The zero-order valence-electron chi connectivity index (χ0n) is 36.0. The van der Waals surface area contributed by atoms with Crippen molar-refractivity contribution in [2.45, 2.75) is 88.2 Å². The van der Waals surface area contributed by atoms with Crippen LogP contribution in [0, 0.1) is 48.5 Å². The van der Waals surface area contributed by atoms with Crippen LogP contribution in [-0.2, 0) is 24.6 Å². The van der Waals surface area contributed by atoms with Gasteiger partial charge >= 0.3 is 7.60 Å². The molecule has 2 aromatic carbocycles. The summed E-state index contributed by atoms with van der Waals surface area (Å²) in [7, 11) is 0.967. The third-order valence-electron chi connectivity index (χ3n) is 8.25. The number of nitrogens with zero attached hydrogens (tertiary/aromatic N) is 4. The lowest BCUT2D eigenvalue weighted by Crippen LogP contribution is -2.07. The molecule has 3 heterocycles. The second-order valence-electron chi connectivity index (χ2n) is 13.4. The van der Waals surface area contributed by atoms with Gasteiger partial charge in [0.05, 0.1) is 30.3 Å². The minimum absolute atomic E-state index is 0.0867. The van der Waals surface area contributed by atoms with Crippen molar-refractivity contribution in [3.05, 3.63) is 135 Å². The standard InChI is InChI=1S/C17H20N2O.C12H14O.C10H18NO4P.C6H9NO/c1-13-14(2)20-17(18-13)8-6-5-7-15-9-11-16(12-10-15)19(3)4;1-10(2)12-7-5-11(6-8-12)4-3-9-13;1-5-13-16(12,14-6-2)7-10-11-8(3)9(4)15-10;1-4-5(2)8-6(3)7-4/h5-12H,1-4H3;3-10H,1-2H3;5-7H2,1-4H3;1-3H3/b7-5+,8-6+;4-3+;;. The summed E-state index contributed by atoms with van der Waals surface area (Å²) in [5.41, 5.74) is 7.48. The van der Waals surface area contributed by atoms with Crippen molar-refractivity contribution in [1.29, 1.82) is 0 Å². The second kappa shape index (κ2) is 24.5. The maximum absolute atomic E-state index is 12.2. The molecule has 11 nitrogen and oxygen atoms in total. The second-order valence-corrected chi connectivity index (χ2v) is 15.5. The van der Waals surface area contributed by atoms with Crippen molar-refractivity contribution < 1.29 is 31.7 Å². The summed E-state index contributed by atoms with van der Waals surface area (Å²) in [4.78, 5) is 24.6. The molecule has 0 amide bonds. The van der Waals surface area contributed by atoms with Gasteiger partial charge in [-0.1, -0.05) is 74.5 Å². The highest BCUT2D eigenvalue weighted by atomic mass is 31.2. The lowest BCUT2D eigenvalue weighted by molar-refractivity contribution is -0.104. The molecule has 5 aromatic rings. The van der Waals surface area contributed by atoms with E-state index in [4.69, 9.17) is 22.3 Å². The highest BCUT2D eigenvalue weighted by molar-refractivity contribution is 7.52. The molecular formula is C45H61N4O7P. The van der Waals surface area contributed by atoms with Crippen molar-refractivity contribution >= 4 is 37.8 Å². The molecule has 0 N–H and O–H groups in total. The molecule has 0 saturated carbocycles. The Balaban J connectivity index is 0.000000274. The Morgan fingerprint density at radius 1 is 0.667 bits per heavy atom. The Hall–Kier alpha value is -5.09. The Labute approximate surface area is 339 Å². The van der Waals surface area contributed by atoms with Gasteiger partial charge in [-0.05, 0) is 96.2 Å². The number of carbonyl (C=O) groups excluding carboxylic acids is 1. The lowest BCUT2D eigenvalue weighted by atomic mass is 10.0. The van der Waals surface area contributed by atoms with Crippen LogP contribution in [0.2, 0.25) is 0 Å². The van der Waals surface area contributed by atoms with E-state index in [0.717, 1.165) is 52.1 Å². The maximum Gasteiger partial charge on any atom is 0.339 e. The van der Waals surface area contributed by atoms with Crippen LogP contribution in [0.15, 0.2) is 80.0 Å². The third-order valence-corrected chi connectivity index (χ3v) is 10.2. The number of rotatable bonds is 13. The summed E-state index contributed by atoms with van der Waals surface area (Å²) < 4.78 is 38.4. The molecule has 0 aliphatic rings. The summed E-state index contributed by atoms with van der Waals surface area (Å²) in [6.45, 7) is 21.8. The van der Waals surface area contributed by atoms with Gasteiger partial charge in [-0.2, -0.15) is 0 Å². The summed E-state index contributed by atoms with van der Waals surface area (Å²) in [6, 6.07) is 16.6. The topological polar surface area (TPSA) is 134 Å². The minimum atomic E-state index is -3.10. The first-order chi connectivity index (χ1) is 27.0. The van der Waals surface area contributed by atoms with E-state index in [9.17, 15) is 9.36 Å². The molecule has 0 spiro atoms. The van der Waals surface area contributed by atoms with E-state index in [1.807, 2.05) is 92.9 Å². The third kappa shape index (κ3) is 17.7. The average Bonchev–Trinajstić information content (AvgIpc) is 3.77. The Bertz CT molecular complexity index is 2000. The summed E-state index contributed by atoms with van der Waals surface area (Å²) in [5, 5.41) is 0. The van der Waals surface area contributed by atoms with Crippen LogP contribution in [0.4, 0.5) is 5.69 Å². The van der Waals surface area contributed by atoms with Crippen molar-refractivity contribution in [1.82, 2.24) is 15.0 Å². The predicted molar refractivity (Wildman–Crippen MR) is 232 cm³/mol. The molecule has 0 atom stereocenters. The van der Waals surface area contributed by atoms with Gasteiger partial charge in [0.15, 0.2) is 5.89 Å². The molecule has 0 aliphatic carbocycles. The number of allylic oxidation sites excluding steroid dienone is 3. The van der Waals surface area contributed by atoms with Gasteiger partial charge in [-0.15, -0.1) is 0 Å². The number of aldehydes is 1. The van der Waals surface area contributed by atoms with Gasteiger partial charge in [0.2, 0.25) is 11.8 Å². The molecule has 5 rings (SSSR count). The van der Waals surface area contributed by atoms with Crippen LogP contribution in [0.5, 0.6) is 0 Å². The van der Waals surface area contributed by atoms with Gasteiger partial charge in [0, 0.05) is 32.8 Å². The molecule has 57 heavy (non-hydrogen) atoms. The quantitative estimate of drug-likeness (QED) is 0.0487. The fourth-order valence-corrected chi connectivity index (χ4v) is 6.34. The zero-order chi connectivity index (χ0) is 42.5. The van der Waals surface area contributed by atoms with Crippen LogP contribution in [0.3, 0.4) is 0 Å². The molecular weight excluding hydrogens is 739 g/mol. The molecule has 0 fully saturated rings. The monoisotopic (exact) mass is 800 g/mol. The predicted octanol–water partition coefficient (Wildman–Crippen LogP) is 11.8. The average molecular weight is 801 g/mol. The number of oxazole rings is 3. The van der Waals surface area contributed by atoms with E-state index in [2.05, 4.69) is 76.2 Å². The normalized spacial score (nSPS) is 11.3. The number of hydrogen-bond donors (Lipinski definition) is 0. The molecule has 12 heteroatoms. The van der Waals surface area contributed by atoms with E-state index in [1.54, 1.807) is 19.9 Å². The molecule has 0 unspecified atom stereocenters. The zero-order valence-corrected chi connectivity index (χ0v) is 36.8. The van der Waals surface area contributed by atoms with Gasteiger partial charge < -0.3 is 27.2 Å². The Morgan fingerprint density at radius 2 is 1.16 bits per heavy atom. The number of anilines is 1. The summed E-state index contributed by atoms with van der Waals surface area (Å²) in [6.07, 6.45) is 12.0. The largest absolute Gasteiger partial charge is 0.446 e. The highest BCUT2D eigenvalue weighted by Crippen LogP contribution is 2.51. The Morgan fingerprint density at radius 3 is 1.56 bits per heavy atom. The van der Waals surface area contributed by atoms with Crippen LogP contribution in [-0.4, -0.2) is 48.5 Å². The number of aryl methyl sites for hydroxylation is 7. The smallest absolute Gasteiger partial charge is 0.339 e. The number of benzene rings is 2. The molecule has 0 saturated heterocycles. The number of aromatic nitrogens is 3. The SMILES string of the molecule is CC(C)c1ccc(/C=C/C=O)cc1.CCOP(=O)(Cc1nc(C)c(C)o1)OCC.Cc1nc(/C=C/C=C/c2ccc(N(C)C)cc2)oc1C.Cc1nc(C)c(C)o1. The first-order valence-corrected chi connectivity index (χ1v) is 20.7. The van der Waals surface area contributed by atoms with Crippen LogP contribution in [0.25, 0.3) is 18.2 Å². The van der Waals surface area contributed by atoms with Crippen molar-refractivity contribution in [3.63, 3.8) is 0 Å². The van der Waals surface area contributed by atoms with Crippen LogP contribution in [0.1, 0.15) is 102 Å². The highest BCUT2D eigenvalue weighted by Gasteiger charge is 2.27. The van der Waals surface area contributed by atoms with E-state index < -0.39 is 7.60 Å². The fraction of sp³-hybridized carbons (Fsp3) is 0.378. The molecule has 308 valence electrons. The first kappa shape index (κ1) is 48.1. The van der Waals surface area contributed by atoms with Crippen molar-refractivity contribution in [2.24, 2.45) is 0 Å². The van der Waals surface area contributed by atoms with E-state index in [-0.39, 0.29) is 6.16 Å². The van der Waals surface area contributed by atoms with Gasteiger partial charge in [0.1, 0.15) is 29.7 Å². The summed E-state index contributed by atoms with van der Waals surface area (Å²) in [5.74, 6) is 4.88. The first-order valence-electron chi connectivity index (χ1n) is 19.0. The van der Waals surface area contributed by atoms with E-state index >= 15 is 0 Å². The summed E-state index contributed by atoms with van der Waals surface area (Å²) >= 11 is 0. The van der Waals surface area contributed by atoms with Gasteiger partial charge in [-0.3, -0.25) is 9.36 Å². The van der Waals surface area contributed by atoms with Crippen molar-refractivity contribution in [2.75, 3.05) is 32.2 Å². The number of hydrogen-bond acceptors (Lipinski definition) is 11. The molecule has 0 bridgehead atoms. The fourth-order valence-electron chi connectivity index (χ4n) is 4.83. The van der Waals surface area contributed by atoms with Crippen molar-refractivity contribution in [3.8, 4) is 0 Å². The van der Waals surface area contributed by atoms with Gasteiger partial charge in [0.25, 0.3) is 0 Å².